The average molecular weight is 340 g/mol. The molecule has 5 heteroatoms. The first-order chi connectivity index (χ1) is 9.20. The zero-order valence-electron chi connectivity index (χ0n) is 10.5. The van der Waals surface area contributed by atoms with Gasteiger partial charge < -0.3 is 10.1 Å². The van der Waals surface area contributed by atoms with E-state index in [4.69, 9.17) is 4.74 Å². The Balaban J connectivity index is 2.03. The Morgan fingerprint density at radius 3 is 2.95 bits per heavy atom. The summed E-state index contributed by atoms with van der Waals surface area (Å²) >= 11 is 5.18. The van der Waals surface area contributed by atoms with Gasteiger partial charge in [0, 0.05) is 15.0 Å². The molecule has 1 N–H and O–H groups in total. The highest BCUT2D eigenvalue weighted by Crippen LogP contribution is 2.23. The summed E-state index contributed by atoms with van der Waals surface area (Å²) in [5.41, 5.74) is 1.47. The number of benzene rings is 1. The molecule has 2 aromatic rings. The molecule has 0 aliphatic rings. The van der Waals surface area contributed by atoms with Crippen LogP contribution in [0.1, 0.15) is 22.2 Å². The number of esters is 1. The van der Waals surface area contributed by atoms with Crippen LogP contribution in [-0.2, 0) is 11.3 Å². The molecule has 0 fully saturated rings. The van der Waals surface area contributed by atoms with Gasteiger partial charge in [-0.1, -0.05) is 6.07 Å². The van der Waals surface area contributed by atoms with Crippen molar-refractivity contribution in [2.45, 2.75) is 13.5 Å². The monoisotopic (exact) mass is 339 g/mol. The lowest BCUT2D eigenvalue weighted by Gasteiger charge is -2.07. The van der Waals surface area contributed by atoms with Crippen LogP contribution in [0.4, 0.5) is 5.69 Å². The van der Waals surface area contributed by atoms with Gasteiger partial charge in [-0.15, -0.1) is 11.3 Å². The van der Waals surface area contributed by atoms with Crippen molar-refractivity contribution in [1.82, 2.24) is 0 Å². The number of rotatable bonds is 5. The zero-order valence-corrected chi connectivity index (χ0v) is 12.9. The number of carbonyl (C=O) groups excluding carboxylic acids is 1. The summed E-state index contributed by atoms with van der Waals surface area (Å²) in [7, 11) is 0. The molecule has 0 bridgehead atoms. The van der Waals surface area contributed by atoms with Gasteiger partial charge in [0.1, 0.15) is 0 Å². The van der Waals surface area contributed by atoms with Crippen molar-refractivity contribution in [3.05, 3.63) is 50.6 Å². The average Bonchev–Trinajstić information content (AvgIpc) is 2.82. The van der Waals surface area contributed by atoms with Crippen LogP contribution < -0.4 is 5.32 Å². The third-order valence-electron chi connectivity index (χ3n) is 2.52. The first-order valence-electron chi connectivity index (χ1n) is 5.93. The van der Waals surface area contributed by atoms with Gasteiger partial charge in [0.25, 0.3) is 0 Å². The van der Waals surface area contributed by atoms with Gasteiger partial charge in [0.2, 0.25) is 0 Å². The van der Waals surface area contributed by atoms with Crippen molar-refractivity contribution < 1.29 is 9.53 Å². The number of ether oxygens (including phenoxy) is 1. The van der Waals surface area contributed by atoms with E-state index in [-0.39, 0.29) is 5.97 Å². The van der Waals surface area contributed by atoms with E-state index in [1.807, 2.05) is 23.6 Å². The predicted molar refractivity (Wildman–Crippen MR) is 81.7 cm³/mol. The molecular formula is C14H14BrNO2S. The Kier molecular flexibility index (Phi) is 4.99. The van der Waals surface area contributed by atoms with Gasteiger partial charge >= 0.3 is 5.97 Å². The highest BCUT2D eigenvalue weighted by Gasteiger charge is 2.07. The number of nitrogens with one attached hydrogen (secondary N) is 1. The van der Waals surface area contributed by atoms with Gasteiger partial charge in [-0.2, -0.15) is 0 Å². The molecule has 0 radical (unpaired) electrons. The maximum atomic E-state index is 11.6. The number of hydrogen-bond acceptors (Lipinski definition) is 4. The summed E-state index contributed by atoms with van der Waals surface area (Å²) in [6.45, 7) is 2.91. The van der Waals surface area contributed by atoms with Crippen LogP contribution in [0.2, 0.25) is 0 Å². The van der Waals surface area contributed by atoms with Gasteiger partial charge in [-0.05, 0) is 52.5 Å². The van der Waals surface area contributed by atoms with Crippen molar-refractivity contribution in [2.75, 3.05) is 11.9 Å². The highest BCUT2D eigenvalue weighted by atomic mass is 79.9. The fraction of sp³-hybridized carbons (Fsp3) is 0.214. The summed E-state index contributed by atoms with van der Waals surface area (Å²) in [6.07, 6.45) is 0. The second-order valence-corrected chi connectivity index (χ2v) is 5.70. The SMILES string of the molecule is CCOC(=O)c1cccc(NCc2sccc2Br)c1. The Bertz CT molecular complexity index is 568. The van der Waals surface area contributed by atoms with Crippen molar-refractivity contribution in [1.29, 1.82) is 0 Å². The first-order valence-corrected chi connectivity index (χ1v) is 7.61. The topological polar surface area (TPSA) is 38.3 Å². The van der Waals surface area contributed by atoms with Crippen LogP contribution in [0.15, 0.2) is 40.2 Å². The van der Waals surface area contributed by atoms with E-state index in [2.05, 4.69) is 21.2 Å². The fourth-order valence-electron chi connectivity index (χ4n) is 1.60. The predicted octanol–water partition coefficient (Wildman–Crippen LogP) is 4.30. The number of thiophene rings is 1. The van der Waals surface area contributed by atoms with Crippen LogP contribution in [0, 0.1) is 0 Å². The minimum Gasteiger partial charge on any atom is -0.462 e. The lowest BCUT2D eigenvalue weighted by Crippen LogP contribution is -2.05. The maximum absolute atomic E-state index is 11.6. The van der Waals surface area contributed by atoms with Gasteiger partial charge in [0.05, 0.1) is 18.7 Å². The zero-order chi connectivity index (χ0) is 13.7. The molecule has 0 saturated carbocycles. The quantitative estimate of drug-likeness (QED) is 0.825. The van der Waals surface area contributed by atoms with Crippen molar-refractivity contribution in [2.24, 2.45) is 0 Å². The minimum atomic E-state index is -0.288. The molecule has 0 aliphatic carbocycles. The molecular weight excluding hydrogens is 326 g/mol. The minimum absolute atomic E-state index is 0.288. The summed E-state index contributed by atoms with van der Waals surface area (Å²) in [4.78, 5) is 12.9. The smallest absolute Gasteiger partial charge is 0.338 e. The van der Waals surface area contributed by atoms with Crippen LogP contribution in [0.3, 0.4) is 0 Å². The molecule has 2 rings (SSSR count). The molecule has 1 heterocycles. The number of hydrogen-bond donors (Lipinski definition) is 1. The molecule has 0 saturated heterocycles. The molecule has 0 atom stereocenters. The van der Waals surface area contributed by atoms with Crippen molar-refractivity contribution in [3.8, 4) is 0 Å². The second kappa shape index (κ2) is 6.73. The molecule has 19 heavy (non-hydrogen) atoms. The summed E-state index contributed by atoms with van der Waals surface area (Å²) < 4.78 is 6.08. The number of carbonyl (C=O) groups is 1. The Morgan fingerprint density at radius 1 is 1.42 bits per heavy atom. The van der Waals surface area contributed by atoms with Crippen LogP contribution in [-0.4, -0.2) is 12.6 Å². The van der Waals surface area contributed by atoms with Crippen molar-refractivity contribution in [3.63, 3.8) is 0 Å². The first kappa shape index (κ1) is 14.1. The summed E-state index contributed by atoms with van der Waals surface area (Å²) in [5, 5.41) is 5.34. The van der Waals surface area contributed by atoms with E-state index in [9.17, 15) is 4.79 Å². The third kappa shape index (κ3) is 3.81. The maximum Gasteiger partial charge on any atom is 0.338 e. The molecule has 3 nitrogen and oxygen atoms in total. The largest absolute Gasteiger partial charge is 0.462 e. The Morgan fingerprint density at radius 2 is 2.26 bits per heavy atom. The molecule has 0 amide bonds. The van der Waals surface area contributed by atoms with E-state index in [1.54, 1.807) is 30.4 Å². The Hall–Kier alpha value is -1.33. The third-order valence-corrected chi connectivity index (χ3v) is 4.44. The van der Waals surface area contributed by atoms with Crippen LogP contribution in [0.5, 0.6) is 0 Å². The fourth-order valence-corrected chi connectivity index (χ4v) is 3.04. The molecule has 0 spiro atoms. The molecule has 1 aromatic heterocycles. The number of anilines is 1. The van der Waals surface area contributed by atoms with Gasteiger partial charge in [0.15, 0.2) is 0 Å². The highest BCUT2D eigenvalue weighted by molar-refractivity contribution is 9.10. The normalized spacial score (nSPS) is 10.2. The van der Waals surface area contributed by atoms with Crippen LogP contribution >= 0.6 is 27.3 Å². The second-order valence-electron chi connectivity index (χ2n) is 3.85. The van der Waals surface area contributed by atoms with E-state index in [0.29, 0.717) is 12.2 Å². The van der Waals surface area contributed by atoms with Crippen molar-refractivity contribution >= 4 is 38.9 Å². The molecule has 1 aromatic carbocycles. The Labute approximate surface area is 124 Å². The van der Waals surface area contributed by atoms with E-state index in [0.717, 1.165) is 16.7 Å². The lowest BCUT2D eigenvalue weighted by molar-refractivity contribution is 0.0526. The van der Waals surface area contributed by atoms with E-state index in [1.165, 1.54) is 4.88 Å². The molecule has 100 valence electrons. The molecule has 0 unspecified atom stereocenters. The van der Waals surface area contributed by atoms with Crippen LogP contribution in [0.25, 0.3) is 0 Å². The van der Waals surface area contributed by atoms with Gasteiger partial charge in [-0.25, -0.2) is 4.79 Å². The summed E-state index contributed by atoms with van der Waals surface area (Å²) in [5.74, 6) is -0.288. The summed E-state index contributed by atoms with van der Waals surface area (Å²) in [6, 6.07) is 9.36. The standard InChI is InChI=1S/C14H14BrNO2S/c1-2-18-14(17)10-4-3-5-11(8-10)16-9-13-12(15)6-7-19-13/h3-8,16H,2,9H2,1H3. The number of halogens is 1. The van der Waals surface area contributed by atoms with E-state index < -0.39 is 0 Å². The van der Waals surface area contributed by atoms with E-state index >= 15 is 0 Å². The lowest BCUT2D eigenvalue weighted by atomic mass is 10.2. The molecule has 0 aliphatic heterocycles. The van der Waals surface area contributed by atoms with Gasteiger partial charge in [-0.3, -0.25) is 0 Å².